The molecule has 0 saturated carbocycles. The number of nitrogens with zero attached hydrogens (tertiary/aromatic N) is 1. The maximum absolute atomic E-state index is 11.9. The van der Waals surface area contributed by atoms with Crippen LogP contribution in [0.2, 0.25) is 0 Å². The zero-order chi connectivity index (χ0) is 14.6. The molecule has 19 heavy (non-hydrogen) atoms. The van der Waals surface area contributed by atoms with Crippen molar-refractivity contribution in [2.75, 3.05) is 0 Å². The van der Waals surface area contributed by atoms with Crippen molar-refractivity contribution in [3.05, 3.63) is 16.1 Å². The van der Waals surface area contributed by atoms with Crippen LogP contribution in [0.4, 0.5) is 0 Å². The van der Waals surface area contributed by atoms with Crippen LogP contribution >= 0.6 is 11.3 Å². The molecule has 0 bridgehead atoms. The fourth-order valence-electron chi connectivity index (χ4n) is 1.55. The van der Waals surface area contributed by atoms with Gasteiger partial charge in [0, 0.05) is 23.5 Å². The third-order valence-corrected chi connectivity index (χ3v) is 4.51. The average Bonchev–Trinajstić information content (AvgIpc) is 2.75. The summed E-state index contributed by atoms with van der Waals surface area (Å²) in [5, 5.41) is 3.92. The van der Waals surface area contributed by atoms with E-state index in [1.807, 2.05) is 33.9 Å². The van der Waals surface area contributed by atoms with Gasteiger partial charge in [0.2, 0.25) is 5.91 Å². The number of nitrogens with two attached hydrogens (primary N) is 1. The van der Waals surface area contributed by atoms with Crippen molar-refractivity contribution in [1.29, 1.82) is 0 Å². The van der Waals surface area contributed by atoms with Crippen LogP contribution in [0.3, 0.4) is 0 Å². The maximum Gasteiger partial charge on any atom is 0.222 e. The number of carbonyl (C=O) groups is 1. The second-order valence-electron chi connectivity index (χ2n) is 5.98. The molecule has 0 aromatic carbocycles. The first-order chi connectivity index (χ1) is 8.74. The van der Waals surface area contributed by atoms with Crippen molar-refractivity contribution in [3.8, 4) is 0 Å². The minimum atomic E-state index is -0.137. The average molecular weight is 283 g/mol. The molecule has 2 unspecified atom stereocenters. The van der Waals surface area contributed by atoms with Crippen LogP contribution in [0.1, 0.15) is 57.0 Å². The zero-order valence-corrected chi connectivity index (χ0v) is 13.3. The number of carbonyl (C=O) groups excluding carboxylic acids is 1. The fraction of sp³-hybridized carbons (Fsp3) is 0.714. The number of aromatic nitrogens is 1. The van der Waals surface area contributed by atoms with Gasteiger partial charge >= 0.3 is 0 Å². The largest absolute Gasteiger partial charge is 0.347 e. The molecule has 0 saturated heterocycles. The van der Waals surface area contributed by atoms with E-state index >= 15 is 0 Å². The summed E-state index contributed by atoms with van der Waals surface area (Å²) >= 11 is 1.65. The molecular weight excluding hydrogens is 258 g/mol. The van der Waals surface area contributed by atoms with Gasteiger partial charge in [-0.2, -0.15) is 0 Å². The van der Waals surface area contributed by atoms with E-state index in [4.69, 9.17) is 5.73 Å². The summed E-state index contributed by atoms with van der Waals surface area (Å²) < 4.78 is 0. The van der Waals surface area contributed by atoms with Crippen LogP contribution in [0.5, 0.6) is 0 Å². The second kappa shape index (κ2) is 6.48. The molecule has 0 fully saturated rings. The van der Waals surface area contributed by atoms with Gasteiger partial charge in [0.1, 0.15) is 5.01 Å². The molecule has 2 atom stereocenters. The van der Waals surface area contributed by atoms with E-state index in [0.717, 1.165) is 11.4 Å². The fourth-order valence-corrected chi connectivity index (χ4v) is 2.41. The number of thiazole rings is 1. The van der Waals surface area contributed by atoms with E-state index in [0.29, 0.717) is 6.42 Å². The van der Waals surface area contributed by atoms with Crippen molar-refractivity contribution in [3.63, 3.8) is 0 Å². The third-order valence-electron chi connectivity index (χ3n) is 3.19. The molecule has 1 rings (SSSR count). The lowest BCUT2D eigenvalue weighted by molar-refractivity contribution is -0.122. The lowest BCUT2D eigenvalue weighted by Crippen LogP contribution is -2.40. The highest BCUT2D eigenvalue weighted by atomic mass is 32.1. The summed E-state index contributed by atoms with van der Waals surface area (Å²) in [5.41, 5.74) is 5.96. The van der Waals surface area contributed by atoms with Crippen LogP contribution in [0.15, 0.2) is 6.20 Å². The monoisotopic (exact) mass is 283 g/mol. The van der Waals surface area contributed by atoms with E-state index in [-0.39, 0.29) is 23.4 Å². The van der Waals surface area contributed by atoms with Crippen molar-refractivity contribution >= 4 is 17.2 Å². The molecule has 1 amide bonds. The quantitative estimate of drug-likeness (QED) is 0.873. The summed E-state index contributed by atoms with van der Waals surface area (Å²) in [5.74, 6) is -0.0110. The predicted octanol–water partition coefficient (Wildman–Crippen LogP) is 2.65. The van der Waals surface area contributed by atoms with Crippen LogP contribution in [-0.4, -0.2) is 16.9 Å². The summed E-state index contributed by atoms with van der Waals surface area (Å²) in [6, 6.07) is -0.188. The Kier molecular flexibility index (Phi) is 5.50. The number of rotatable bonds is 5. The molecule has 1 aromatic rings. The number of aryl methyl sites for hydroxylation is 1. The van der Waals surface area contributed by atoms with E-state index in [1.165, 1.54) is 4.88 Å². The Morgan fingerprint density at radius 1 is 1.53 bits per heavy atom. The van der Waals surface area contributed by atoms with Crippen LogP contribution in [-0.2, 0) is 11.2 Å². The Morgan fingerprint density at radius 2 is 2.16 bits per heavy atom. The summed E-state index contributed by atoms with van der Waals surface area (Å²) in [6.45, 7) is 10.2. The van der Waals surface area contributed by atoms with Crippen LogP contribution < -0.4 is 11.1 Å². The Hall–Kier alpha value is -0.940. The number of amides is 1. The van der Waals surface area contributed by atoms with Gasteiger partial charge in [-0.15, -0.1) is 11.3 Å². The van der Waals surface area contributed by atoms with Crippen LogP contribution in [0, 0.1) is 5.41 Å². The van der Waals surface area contributed by atoms with Gasteiger partial charge in [0.05, 0.1) is 6.04 Å². The predicted molar refractivity (Wildman–Crippen MR) is 80.1 cm³/mol. The van der Waals surface area contributed by atoms with Crippen molar-refractivity contribution in [2.24, 2.45) is 11.1 Å². The number of hydrogen-bond donors (Lipinski definition) is 2. The molecule has 0 aliphatic carbocycles. The Bertz CT molecular complexity index is 423. The summed E-state index contributed by atoms with van der Waals surface area (Å²) in [6.07, 6.45) is 3.20. The minimum Gasteiger partial charge on any atom is -0.347 e. The highest BCUT2D eigenvalue weighted by molar-refractivity contribution is 7.11. The first kappa shape index (κ1) is 16.1. The molecule has 0 radical (unpaired) electrons. The molecule has 0 spiro atoms. The molecule has 5 heteroatoms. The van der Waals surface area contributed by atoms with Gasteiger partial charge in [0.15, 0.2) is 0 Å². The maximum atomic E-state index is 11.9. The first-order valence-electron chi connectivity index (χ1n) is 6.73. The normalized spacial score (nSPS) is 15.1. The highest BCUT2D eigenvalue weighted by Gasteiger charge is 2.24. The molecule has 4 nitrogen and oxygen atoms in total. The van der Waals surface area contributed by atoms with E-state index < -0.39 is 0 Å². The topological polar surface area (TPSA) is 68.0 Å². The molecule has 108 valence electrons. The van der Waals surface area contributed by atoms with E-state index in [9.17, 15) is 4.79 Å². The van der Waals surface area contributed by atoms with Crippen LogP contribution in [0.25, 0.3) is 0 Å². The zero-order valence-electron chi connectivity index (χ0n) is 12.5. The van der Waals surface area contributed by atoms with Gasteiger partial charge in [-0.25, -0.2) is 4.98 Å². The van der Waals surface area contributed by atoms with Gasteiger partial charge in [-0.3, -0.25) is 4.79 Å². The minimum absolute atomic E-state index is 0.0110. The molecule has 0 aliphatic rings. The van der Waals surface area contributed by atoms with E-state index in [1.54, 1.807) is 11.3 Å². The molecular formula is C14H25N3OS. The lowest BCUT2D eigenvalue weighted by Gasteiger charge is -2.26. The highest BCUT2D eigenvalue weighted by Crippen LogP contribution is 2.22. The number of nitrogens with one attached hydrogen (secondary N) is 1. The molecule has 3 N–H and O–H groups in total. The smallest absolute Gasteiger partial charge is 0.222 e. The summed E-state index contributed by atoms with van der Waals surface area (Å²) in [7, 11) is 0. The first-order valence-corrected chi connectivity index (χ1v) is 7.55. The molecule has 0 aliphatic heterocycles. The Balaban J connectivity index is 2.52. The Labute approximate surface area is 119 Å². The molecule has 1 heterocycles. The van der Waals surface area contributed by atoms with Gasteiger partial charge in [-0.1, -0.05) is 27.7 Å². The van der Waals surface area contributed by atoms with E-state index in [2.05, 4.69) is 17.2 Å². The Morgan fingerprint density at radius 3 is 2.63 bits per heavy atom. The molecule has 1 aromatic heterocycles. The standard InChI is InChI=1S/C14H25N3OS/c1-6-10-8-16-13(19-10)9(2)17-12(18)7-11(15)14(3,4)5/h8-9,11H,6-7,15H2,1-5H3,(H,17,18). The van der Waals surface area contributed by atoms with Crippen molar-refractivity contribution in [1.82, 2.24) is 10.3 Å². The van der Waals surface area contributed by atoms with Crippen molar-refractivity contribution < 1.29 is 4.79 Å². The third kappa shape index (κ3) is 4.91. The summed E-state index contributed by atoms with van der Waals surface area (Å²) in [4.78, 5) is 17.5. The second-order valence-corrected chi connectivity index (χ2v) is 7.13. The van der Waals surface area contributed by atoms with Gasteiger partial charge < -0.3 is 11.1 Å². The van der Waals surface area contributed by atoms with Gasteiger partial charge in [-0.05, 0) is 18.8 Å². The van der Waals surface area contributed by atoms with Gasteiger partial charge in [0.25, 0.3) is 0 Å². The SMILES string of the molecule is CCc1cnc(C(C)NC(=O)CC(N)C(C)(C)C)s1. The number of hydrogen-bond acceptors (Lipinski definition) is 4. The van der Waals surface area contributed by atoms with Crippen molar-refractivity contribution in [2.45, 2.75) is 59.5 Å². The lowest BCUT2D eigenvalue weighted by atomic mass is 9.85.